The average Bonchev–Trinajstić information content (AvgIpc) is 3.35. The molecule has 1 aliphatic carbocycles. The van der Waals surface area contributed by atoms with Crippen LogP contribution in [0, 0.1) is 5.92 Å². The lowest BCUT2D eigenvalue weighted by Gasteiger charge is -2.10. The van der Waals surface area contributed by atoms with E-state index in [4.69, 9.17) is 10.5 Å². The highest BCUT2D eigenvalue weighted by atomic mass is 16.5. The summed E-state index contributed by atoms with van der Waals surface area (Å²) < 4.78 is 5.57. The predicted molar refractivity (Wildman–Crippen MR) is 93.4 cm³/mol. The average molecular weight is 303 g/mol. The fraction of sp³-hybridized carbons (Fsp3) is 0.611. The van der Waals surface area contributed by atoms with Crippen LogP contribution in [-0.2, 0) is 4.74 Å². The molecule has 3 N–H and O–H groups in total. The Kier molecular flexibility index (Phi) is 6.72. The first kappa shape index (κ1) is 16.8. The summed E-state index contributed by atoms with van der Waals surface area (Å²) in [6.07, 6.45) is 4.75. The number of nitrogens with one attached hydrogen (secondary N) is 1. The van der Waals surface area contributed by atoms with Crippen LogP contribution >= 0.6 is 0 Å². The van der Waals surface area contributed by atoms with Gasteiger partial charge >= 0.3 is 0 Å². The second kappa shape index (κ2) is 8.79. The molecule has 4 heteroatoms. The Labute approximate surface area is 134 Å². The number of guanidine groups is 1. The predicted octanol–water partition coefficient (Wildman–Crippen LogP) is 3.74. The van der Waals surface area contributed by atoms with Crippen LogP contribution < -0.4 is 11.1 Å². The molecule has 0 aliphatic heterocycles. The number of hydrogen-bond donors (Lipinski definition) is 2. The van der Waals surface area contributed by atoms with Gasteiger partial charge < -0.3 is 15.8 Å². The maximum atomic E-state index is 5.90. The molecular formula is C18H29N3O. The van der Waals surface area contributed by atoms with Crippen molar-refractivity contribution >= 4 is 11.6 Å². The molecule has 0 heterocycles. The summed E-state index contributed by atoms with van der Waals surface area (Å²) in [6, 6.07) is 8.41. The van der Waals surface area contributed by atoms with Crippen molar-refractivity contribution in [3.8, 4) is 0 Å². The first-order valence-electron chi connectivity index (χ1n) is 8.43. The molecule has 1 aromatic rings. The highest BCUT2D eigenvalue weighted by Crippen LogP contribution is 2.28. The SMILES string of the molecule is CCC(C)c1ccc(NC(N)=NCCCOCC2CC2)cc1. The minimum absolute atomic E-state index is 0.471. The lowest BCUT2D eigenvalue weighted by Crippen LogP contribution is -2.23. The Morgan fingerprint density at radius 1 is 1.36 bits per heavy atom. The van der Waals surface area contributed by atoms with Gasteiger partial charge in [-0.2, -0.15) is 0 Å². The maximum absolute atomic E-state index is 5.90. The zero-order chi connectivity index (χ0) is 15.8. The number of nitrogens with two attached hydrogens (primary N) is 1. The topological polar surface area (TPSA) is 59.6 Å². The van der Waals surface area contributed by atoms with E-state index in [0.717, 1.165) is 37.7 Å². The minimum Gasteiger partial charge on any atom is -0.381 e. The molecule has 2 rings (SSSR count). The van der Waals surface area contributed by atoms with Gasteiger partial charge in [-0.1, -0.05) is 26.0 Å². The minimum atomic E-state index is 0.471. The van der Waals surface area contributed by atoms with Crippen molar-refractivity contribution in [2.75, 3.05) is 25.1 Å². The fourth-order valence-electron chi connectivity index (χ4n) is 2.22. The Balaban J connectivity index is 1.66. The number of ether oxygens (including phenoxy) is 1. The van der Waals surface area contributed by atoms with Crippen molar-refractivity contribution < 1.29 is 4.74 Å². The molecule has 1 aromatic carbocycles. The van der Waals surface area contributed by atoms with Crippen LogP contribution in [-0.4, -0.2) is 25.7 Å². The molecule has 1 aliphatic rings. The third-order valence-electron chi connectivity index (χ3n) is 4.14. The van der Waals surface area contributed by atoms with Gasteiger partial charge in [0.05, 0.1) is 0 Å². The molecule has 0 amide bonds. The van der Waals surface area contributed by atoms with Gasteiger partial charge in [0.15, 0.2) is 5.96 Å². The molecule has 1 saturated carbocycles. The molecule has 0 aromatic heterocycles. The normalized spacial score (nSPS) is 16.5. The maximum Gasteiger partial charge on any atom is 0.193 e. The second-order valence-corrected chi connectivity index (χ2v) is 6.20. The standard InChI is InChI=1S/C18H29N3O/c1-3-14(2)16-7-9-17(10-8-16)21-18(19)20-11-4-12-22-13-15-5-6-15/h7-10,14-15H,3-6,11-13H2,1-2H3,(H3,19,20,21). The molecule has 0 saturated heterocycles. The van der Waals surface area contributed by atoms with E-state index in [-0.39, 0.29) is 0 Å². The third-order valence-corrected chi connectivity index (χ3v) is 4.14. The van der Waals surface area contributed by atoms with Gasteiger partial charge in [0, 0.05) is 25.4 Å². The molecule has 1 fully saturated rings. The molecule has 0 spiro atoms. The summed E-state index contributed by atoms with van der Waals surface area (Å²) in [5.41, 5.74) is 8.24. The van der Waals surface area contributed by atoms with Crippen molar-refractivity contribution in [2.24, 2.45) is 16.6 Å². The second-order valence-electron chi connectivity index (χ2n) is 6.20. The van der Waals surface area contributed by atoms with E-state index in [0.29, 0.717) is 18.4 Å². The van der Waals surface area contributed by atoms with Crippen molar-refractivity contribution in [2.45, 2.75) is 45.4 Å². The molecule has 0 bridgehead atoms. The van der Waals surface area contributed by atoms with Gasteiger partial charge in [-0.25, -0.2) is 0 Å². The zero-order valence-corrected chi connectivity index (χ0v) is 13.8. The summed E-state index contributed by atoms with van der Waals surface area (Å²) in [7, 11) is 0. The summed E-state index contributed by atoms with van der Waals surface area (Å²) in [4.78, 5) is 4.33. The Bertz CT molecular complexity index is 466. The van der Waals surface area contributed by atoms with E-state index in [9.17, 15) is 0 Å². The summed E-state index contributed by atoms with van der Waals surface area (Å²) >= 11 is 0. The monoisotopic (exact) mass is 303 g/mol. The van der Waals surface area contributed by atoms with E-state index in [1.165, 1.54) is 18.4 Å². The smallest absolute Gasteiger partial charge is 0.193 e. The summed E-state index contributed by atoms with van der Waals surface area (Å²) in [6.45, 7) is 6.84. The molecule has 4 nitrogen and oxygen atoms in total. The van der Waals surface area contributed by atoms with Crippen LogP contribution in [0.15, 0.2) is 29.3 Å². The highest BCUT2D eigenvalue weighted by molar-refractivity contribution is 5.92. The van der Waals surface area contributed by atoms with Crippen LogP contribution in [0.25, 0.3) is 0 Å². The Morgan fingerprint density at radius 2 is 2.09 bits per heavy atom. The van der Waals surface area contributed by atoms with E-state index in [1.807, 2.05) is 0 Å². The number of rotatable bonds is 9. The number of nitrogens with zero attached hydrogens (tertiary/aromatic N) is 1. The largest absolute Gasteiger partial charge is 0.381 e. The van der Waals surface area contributed by atoms with Crippen molar-refractivity contribution in [3.05, 3.63) is 29.8 Å². The summed E-state index contributed by atoms with van der Waals surface area (Å²) in [5, 5.41) is 3.13. The Hall–Kier alpha value is -1.55. The van der Waals surface area contributed by atoms with Crippen molar-refractivity contribution in [1.82, 2.24) is 0 Å². The van der Waals surface area contributed by atoms with E-state index in [1.54, 1.807) is 0 Å². The van der Waals surface area contributed by atoms with Crippen molar-refractivity contribution in [3.63, 3.8) is 0 Å². The van der Waals surface area contributed by atoms with Crippen LogP contribution in [0.2, 0.25) is 0 Å². The molecule has 22 heavy (non-hydrogen) atoms. The molecular weight excluding hydrogens is 274 g/mol. The number of aliphatic imine (C=N–C) groups is 1. The molecule has 0 radical (unpaired) electrons. The third kappa shape index (κ3) is 6.06. The van der Waals surface area contributed by atoms with Crippen molar-refractivity contribution in [1.29, 1.82) is 0 Å². The summed E-state index contributed by atoms with van der Waals surface area (Å²) in [5.74, 6) is 1.89. The molecule has 1 atom stereocenters. The lowest BCUT2D eigenvalue weighted by molar-refractivity contribution is 0.123. The van der Waals surface area contributed by atoms with Gasteiger partial charge in [0.25, 0.3) is 0 Å². The van der Waals surface area contributed by atoms with E-state index in [2.05, 4.69) is 48.4 Å². The molecule has 1 unspecified atom stereocenters. The fourth-order valence-corrected chi connectivity index (χ4v) is 2.22. The van der Waals surface area contributed by atoms with Gasteiger partial charge in [0.1, 0.15) is 0 Å². The van der Waals surface area contributed by atoms with Crippen LogP contribution in [0.1, 0.15) is 51.0 Å². The first-order chi connectivity index (χ1) is 10.7. The van der Waals surface area contributed by atoms with Crippen LogP contribution in [0.5, 0.6) is 0 Å². The molecule has 122 valence electrons. The number of anilines is 1. The Morgan fingerprint density at radius 3 is 2.73 bits per heavy atom. The quantitative estimate of drug-likeness (QED) is 0.415. The number of benzene rings is 1. The van der Waals surface area contributed by atoms with Gasteiger partial charge in [0.2, 0.25) is 0 Å². The lowest BCUT2D eigenvalue weighted by atomic mass is 9.99. The van der Waals surface area contributed by atoms with Gasteiger partial charge in [-0.3, -0.25) is 4.99 Å². The van der Waals surface area contributed by atoms with E-state index < -0.39 is 0 Å². The van der Waals surface area contributed by atoms with E-state index >= 15 is 0 Å². The highest BCUT2D eigenvalue weighted by Gasteiger charge is 2.20. The first-order valence-corrected chi connectivity index (χ1v) is 8.43. The number of hydrogen-bond acceptors (Lipinski definition) is 2. The van der Waals surface area contributed by atoms with Gasteiger partial charge in [-0.15, -0.1) is 0 Å². The van der Waals surface area contributed by atoms with Crippen LogP contribution in [0.4, 0.5) is 5.69 Å². The zero-order valence-electron chi connectivity index (χ0n) is 13.8. The van der Waals surface area contributed by atoms with Crippen LogP contribution in [0.3, 0.4) is 0 Å². The van der Waals surface area contributed by atoms with Gasteiger partial charge in [-0.05, 0) is 55.2 Å².